The number of ether oxygens (including phenoxy) is 1. The molecule has 1 aromatic heterocycles. The van der Waals surface area contributed by atoms with E-state index >= 15 is 0 Å². The average Bonchev–Trinajstić information content (AvgIpc) is 2.42. The van der Waals surface area contributed by atoms with Crippen LogP contribution in [0.1, 0.15) is 16.2 Å². The first-order valence-corrected chi connectivity index (χ1v) is 3.76. The SMILES string of the molecule is Cn1nc(COC(F)(F)F)cc1C(=O)O.[LiH]. The molecule has 0 unspecified atom stereocenters. The summed E-state index contributed by atoms with van der Waals surface area (Å²) in [6.45, 7) is -0.801. The Morgan fingerprint density at radius 3 is 2.56 bits per heavy atom. The Hall–Kier alpha value is -0.973. The van der Waals surface area contributed by atoms with Crippen molar-refractivity contribution in [1.29, 1.82) is 0 Å². The van der Waals surface area contributed by atoms with Gasteiger partial charge >= 0.3 is 31.2 Å². The summed E-state index contributed by atoms with van der Waals surface area (Å²) in [6, 6.07) is 1.02. The average molecular weight is 232 g/mol. The van der Waals surface area contributed by atoms with Crippen LogP contribution in [0.25, 0.3) is 0 Å². The number of hydrogen-bond acceptors (Lipinski definition) is 3. The number of carboxylic acids is 1. The number of carbonyl (C=O) groups is 1. The Kier molecular flexibility index (Phi) is 5.06. The Morgan fingerprint density at radius 1 is 1.62 bits per heavy atom. The van der Waals surface area contributed by atoms with Crippen molar-refractivity contribution in [3.63, 3.8) is 0 Å². The van der Waals surface area contributed by atoms with Crippen LogP contribution >= 0.6 is 0 Å². The molecule has 0 fully saturated rings. The molecule has 1 N–H and O–H groups in total. The molecule has 1 rings (SSSR count). The van der Waals surface area contributed by atoms with Gasteiger partial charge in [-0.2, -0.15) is 5.10 Å². The van der Waals surface area contributed by atoms with Crippen LogP contribution < -0.4 is 0 Å². The third-order valence-electron chi connectivity index (χ3n) is 1.53. The Labute approximate surface area is 100 Å². The molecule has 0 atom stereocenters. The first-order valence-electron chi connectivity index (χ1n) is 3.76. The number of hydrogen-bond donors (Lipinski definition) is 1. The van der Waals surface area contributed by atoms with Crippen molar-refractivity contribution in [2.75, 3.05) is 0 Å². The van der Waals surface area contributed by atoms with E-state index in [9.17, 15) is 18.0 Å². The zero-order chi connectivity index (χ0) is 11.6. The van der Waals surface area contributed by atoms with Crippen LogP contribution in [-0.2, 0) is 18.4 Å². The van der Waals surface area contributed by atoms with Gasteiger partial charge in [0, 0.05) is 7.05 Å². The third-order valence-corrected chi connectivity index (χ3v) is 1.53. The molecule has 0 spiro atoms. The van der Waals surface area contributed by atoms with Crippen LogP contribution in [0.5, 0.6) is 0 Å². The summed E-state index contributed by atoms with van der Waals surface area (Å²) in [7, 11) is 1.32. The van der Waals surface area contributed by atoms with Gasteiger partial charge in [-0.05, 0) is 6.07 Å². The topological polar surface area (TPSA) is 64.4 Å². The van der Waals surface area contributed by atoms with Gasteiger partial charge in [-0.25, -0.2) is 4.79 Å². The molecule has 1 aromatic rings. The molecule has 1 heterocycles. The van der Waals surface area contributed by atoms with Crippen LogP contribution in [0.15, 0.2) is 6.07 Å². The first kappa shape index (κ1) is 15.0. The van der Waals surface area contributed by atoms with Gasteiger partial charge in [-0.15, -0.1) is 13.2 Å². The zero-order valence-electron chi connectivity index (χ0n) is 7.58. The molecule has 0 radical (unpaired) electrons. The summed E-state index contributed by atoms with van der Waals surface area (Å²) in [5, 5.41) is 12.1. The molecule has 9 heteroatoms. The number of carboxylic acid groups (broad SMARTS) is 1. The van der Waals surface area contributed by atoms with Gasteiger partial charge in [0.25, 0.3) is 0 Å². The zero-order valence-corrected chi connectivity index (χ0v) is 7.58. The molecule has 0 aliphatic carbocycles. The molecule has 0 saturated carbocycles. The molecule has 0 amide bonds. The van der Waals surface area contributed by atoms with Gasteiger partial charge in [-0.1, -0.05) is 0 Å². The summed E-state index contributed by atoms with van der Waals surface area (Å²) in [6.07, 6.45) is -4.75. The molecule has 0 aliphatic rings. The number of halogens is 3. The minimum atomic E-state index is -4.75. The van der Waals surface area contributed by atoms with Gasteiger partial charge in [0.15, 0.2) is 0 Å². The van der Waals surface area contributed by atoms with E-state index in [-0.39, 0.29) is 30.2 Å². The van der Waals surface area contributed by atoms with E-state index in [1.807, 2.05) is 0 Å². The molecule has 0 aliphatic heterocycles. The fourth-order valence-corrected chi connectivity index (χ4v) is 0.953. The molecular weight excluding hydrogens is 224 g/mol. The number of aryl methyl sites for hydroxylation is 1. The van der Waals surface area contributed by atoms with Crippen molar-refractivity contribution in [1.82, 2.24) is 9.78 Å². The van der Waals surface area contributed by atoms with Crippen molar-refractivity contribution in [2.24, 2.45) is 7.05 Å². The van der Waals surface area contributed by atoms with E-state index in [4.69, 9.17) is 5.11 Å². The fraction of sp³-hybridized carbons (Fsp3) is 0.429. The van der Waals surface area contributed by atoms with Crippen molar-refractivity contribution in [3.05, 3.63) is 17.5 Å². The van der Waals surface area contributed by atoms with Gasteiger partial charge in [0.1, 0.15) is 12.3 Å². The van der Waals surface area contributed by atoms with Crippen molar-refractivity contribution < 1.29 is 27.8 Å². The van der Waals surface area contributed by atoms with E-state index in [0.717, 1.165) is 10.7 Å². The quantitative estimate of drug-likeness (QED) is 0.771. The summed E-state index contributed by atoms with van der Waals surface area (Å²) in [5.74, 6) is -1.26. The van der Waals surface area contributed by atoms with E-state index in [2.05, 4.69) is 9.84 Å². The molecular formula is C7H8F3LiN2O3. The van der Waals surface area contributed by atoms with Gasteiger partial charge < -0.3 is 5.11 Å². The first-order chi connectivity index (χ1) is 6.79. The standard InChI is InChI=1S/C7H7F3N2O3.Li.H/c1-12-5(6(13)14)2-4(11-12)3-15-7(8,9)10;;/h2H,3H2,1H3,(H,13,14);;. The van der Waals surface area contributed by atoms with E-state index in [1.165, 1.54) is 7.05 Å². The predicted molar refractivity (Wildman–Crippen MR) is 48.2 cm³/mol. The normalized spacial score (nSPS) is 11.0. The van der Waals surface area contributed by atoms with E-state index < -0.39 is 18.9 Å². The summed E-state index contributed by atoms with van der Waals surface area (Å²) >= 11 is 0. The maximum absolute atomic E-state index is 11.6. The summed E-state index contributed by atoms with van der Waals surface area (Å²) < 4.78 is 39.4. The molecule has 0 bridgehead atoms. The second-order valence-corrected chi connectivity index (χ2v) is 2.68. The van der Waals surface area contributed by atoms with Crippen molar-refractivity contribution in [3.8, 4) is 0 Å². The van der Waals surface area contributed by atoms with Gasteiger partial charge in [0.05, 0.1) is 5.69 Å². The Bertz CT molecular complexity index is 377. The third kappa shape index (κ3) is 4.26. The second kappa shape index (κ2) is 5.38. The summed E-state index contributed by atoms with van der Waals surface area (Å²) in [4.78, 5) is 10.5. The van der Waals surface area contributed by atoms with Gasteiger partial charge in [0.2, 0.25) is 0 Å². The summed E-state index contributed by atoms with van der Waals surface area (Å²) in [5.41, 5.74) is -0.289. The molecule has 86 valence electrons. The number of rotatable bonds is 3. The van der Waals surface area contributed by atoms with Crippen LogP contribution in [0, 0.1) is 0 Å². The van der Waals surface area contributed by atoms with Crippen molar-refractivity contribution >= 4 is 24.8 Å². The van der Waals surface area contributed by atoms with Crippen LogP contribution in [-0.4, -0.2) is 46.1 Å². The second-order valence-electron chi connectivity index (χ2n) is 2.68. The van der Waals surface area contributed by atoms with E-state index in [1.54, 1.807) is 0 Å². The molecule has 0 saturated heterocycles. The Morgan fingerprint density at radius 2 is 2.19 bits per heavy atom. The predicted octanol–water partition coefficient (Wildman–Crippen LogP) is 0.506. The monoisotopic (exact) mass is 232 g/mol. The van der Waals surface area contributed by atoms with Crippen molar-refractivity contribution in [2.45, 2.75) is 13.0 Å². The molecule has 0 aromatic carbocycles. The van der Waals surface area contributed by atoms with Gasteiger partial charge in [-0.3, -0.25) is 9.42 Å². The number of aromatic nitrogens is 2. The number of aromatic carboxylic acids is 1. The van der Waals surface area contributed by atoms with Crippen LogP contribution in [0.4, 0.5) is 13.2 Å². The fourth-order valence-electron chi connectivity index (χ4n) is 0.953. The van der Waals surface area contributed by atoms with Crippen LogP contribution in [0.3, 0.4) is 0 Å². The maximum atomic E-state index is 11.6. The Balaban J connectivity index is 0.00000225. The molecule has 16 heavy (non-hydrogen) atoms. The minimum absolute atomic E-state index is 0. The van der Waals surface area contributed by atoms with Crippen LogP contribution in [0.2, 0.25) is 0 Å². The number of nitrogens with zero attached hydrogens (tertiary/aromatic N) is 2. The molecule has 5 nitrogen and oxygen atoms in total. The van der Waals surface area contributed by atoms with E-state index in [0.29, 0.717) is 0 Å². The number of alkyl halides is 3.